The van der Waals surface area contributed by atoms with Crippen molar-refractivity contribution in [1.29, 1.82) is 0 Å². The summed E-state index contributed by atoms with van der Waals surface area (Å²) < 4.78 is 5.83. The number of pyridine rings is 1. The van der Waals surface area contributed by atoms with Crippen molar-refractivity contribution in [2.45, 2.75) is 38.8 Å². The van der Waals surface area contributed by atoms with Crippen molar-refractivity contribution in [3.8, 4) is 0 Å². The van der Waals surface area contributed by atoms with Gasteiger partial charge < -0.3 is 10.1 Å². The van der Waals surface area contributed by atoms with Gasteiger partial charge in [0, 0.05) is 30.6 Å². The van der Waals surface area contributed by atoms with Crippen LogP contribution >= 0.6 is 0 Å². The third kappa shape index (κ3) is 3.59. The standard InChI is InChI=1S/C19H22N2O2/c1-13-5-3-7-17(14(13)2)19(22)21-16-8-10-23-18(11-16)15-6-4-9-20-12-15/h3-7,9,12,16,18H,8,10-11H2,1-2H3,(H,21,22). The maximum Gasteiger partial charge on any atom is 0.251 e. The Hall–Kier alpha value is -2.20. The van der Waals surface area contributed by atoms with E-state index in [1.54, 1.807) is 6.20 Å². The lowest BCUT2D eigenvalue weighted by atomic mass is 9.97. The number of amides is 1. The van der Waals surface area contributed by atoms with Crippen LogP contribution in [0, 0.1) is 13.8 Å². The van der Waals surface area contributed by atoms with Gasteiger partial charge in [0.25, 0.3) is 5.91 Å². The third-order valence-corrected chi connectivity index (χ3v) is 4.52. The number of carbonyl (C=O) groups excluding carboxylic acids is 1. The number of nitrogens with one attached hydrogen (secondary N) is 1. The van der Waals surface area contributed by atoms with E-state index in [-0.39, 0.29) is 18.1 Å². The molecule has 120 valence electrons. The van der Waals surface area contributed by atoms with E-state index in [1.807, 2.05) is 50.4 Å². The van der Waals surface area contributed by atoms with Crippen molar-refractivity contribution in [3.63, 3.8) is 0 Å². The first kappa shape index (κ1) is 15.7. The van der Waals surface area contributed by atoms with Crippen molar-refractivity contribution in [2.75, 3.05) is 6.61 Å². The fourth-order valence-electron chi connectivity index (χ4n) is 2.99. The molecule has 1 fully saturated rings. The Bertz CT molecular complexity index is 685. The van der Waals surface area contributed by atoms with Crippen LogP contribution in [0.4, 0.5) is 0 Å². The first-order valence-corrected chi connectivity index (χ1v) is 8.04. The van der Waals surface area contributed by atoms with Gasteiger partial charge in [-0.2, -0.15) is 0 Å². The molecule has 0 spiro atoms. The molecular weight excluding hydrogens is 288 g/mol. The normalized spacial score (nSPS) is 21.0. The summed E-state index contributed by atoms with van der Waals surface area (Å²) in [5, 5.41) is 3.16. The van der Waals surface area contributed by atoms with Crippen molar-refractivity contribution in [2.24, 2.45) is 0 Å². The molecule has 3 rings (SSSR count). The predicted molar refractivity (Wildman–Crippen MR) is 89.3 cm³/mol. The molecule has 1 aromatic heterocycles. The van der Waals surface area contributed by atoms with Gasteiger partial charge in [-0.1, -0.05) is 18.2 Å². The smallest absolute Gasteiger partial charge is 0.251 e. The van der Waals surface area contributed by atoms with E-state index in [1.165, 1.54) is 0 Å². The Balaban J connectivity index is 1.68. The summed E-state index contributed by atoms with van der Waals surface area (Å²) in [7, 11) is 0. The fraction of sp³-hybridized carbons (Fsp3) is 0.368. The van der Waals surface area contributed by atoms with Crippen molar-refractivity contribution >= 4 is 5.91 Å². The number of hydrogen-bond acceptors (Lipinski definition) is 3. The first-order valence-electron chi connectivity index (χ1n) is 8.04. The van der Waals surface area contributed by atoms with Gasteiger partial charge in [0.05, 0.1) is 6.10 Å². The monoisotopic (exact) mass is 310 g/mol. The Labute approximate surface area is 136 Å². The summed E-state index contributed by atoms with van der Waals surface area (Å²) in [6.07, 6.45) is 5.21. The molecule has 2 aromatic rings. The first-order chi connectivity index (χ1) is 11.1. The Morgan fingerprint density at radius 3 is 2.91 bits per heavy atom. The molecule has 1 N–H and O–H groups in total. The summed E-state index contributed by atoms with van der Waals surface area (Å²) in [4.78, 5) is 16.7. The molecule has 4 nitrogen and oxygen atoms in total. The fourth-order valence-corrected chi connectivity index (χ4v) is 2.99. The predicted octanol–water partition coefficient (Wildman–Crippen LogP) is 3.35. The summed E-state index contributed by atoms with van der Waals surface area (Å²) in [6.45, 7) is 4.67. The minimum absolute atomic E-state index is 0.00126. The largest absolute Gasteiger partial charge is 0.373 e. The number of aryl methyl sites for hydroxylation is 1. The van der Waals surface area contributed by atoms with E-state index < -0.39 is 0 Å². The second kappa shape index (κ2) is 6.92. The van der Waals surface area contributed by atoms with Crippen molar-refractivity contribution in [3.05, 3.63) is 65.0 Å². The van der Waals surface area contributed by atoms with Gasteiger partial charge in [0.2, 0.25) is 0 Å². The van der Waals surface area contributed by atoms with E-state index in [4.69, 9.17) is 4.74 Å². The zero-order valence-electron chi connectivity index (χ0n) is 13.6. The lowest BCUT2D eigenvalue weighted by Crippen LogP contribution is -2.40. The van der Waals surface area contributed by atoms with Gasteiger partial charge in [-0.3, -0.25) is 9.78 Å². The quantitative estimate of drug-likeness (QED) is 0.946. The van der Waals surface area contributed by atoms with Gasteiger partial charge in [-0.15, -0.1) is 0 Å². The van der Waals surface area contributed by atoms with Crippen LogP contribution in [0.25, 0.3) is 0 Å². The van der Waals surface area contributed by atoms with Gasteiger partial charge in [0.15, 0.2) is 0 Å². The topological polar surface area (TPSA) is 51.2 Å². The van der Waals surface area contributed by atoms with Crippen LogP contribution in [0.15, 0.2) is 42.7 Å². The molecule has 1 aromatic carbocycles. The highest BCUT2D eigenvalue weighted by atomic mass is 16.5. The number of hydrogen-bond donors (Lipinski definition) is 1. The maximum absolute atomic E-state index is 12.6. The molecule has 2 atom stereocenters. The van der Waals surface area contributed by atoms with E-state index >= 15 is 0 Å². The summed E-state index contributed by atoms with van der Waals surface area (Å²) in [6, 6.07) is 9.90. The molecule has 1 amide bonds. The lowest BCUT2D eigenvalue weighted by molar-refractivity contribution is 0.000721. The average Bonchev–Trinajstić information content (AvgIpc) is 2.58. The van der Waals surface area contributed by atoms with Crippen LogP contribution in [-0.4, -0.2) is 23.5 Å². The molecule has 1 saturated heterocycles. The second-order valence-corrected chi connectivity index (χ2v) is 6.09. The number of carbonyl (C=O) groups is 1. The highest BCUT2D eigenvalue weighted by Crippen LogP contribution is 2.27. The Morgan fingerprint density at radius 2 is 2.13 bits per heavy atom. The number of nitrogens with zero attached hydrogens (tertiary/aromatic N) is 1. The van der Waals surface area contributed by atoms with E-state index in [9.17, 15) is 4.79 Å². The minimum Gasteiger partial charge on any atom is -0.373 e. The van der Waals surface area contributed by atoms with Crippen LogP contribution in [0.1, 0.15) is 46.0 Å². The molecule has 0 bridgehead atoms. The summed E-state index contributed by atoms with van der Waals surface area (Å²) in [5.41, 5.74) is 4.01. The molecule has 23 heavy (non-hydrogen) atoms. The van der Waals surface area contributed by atoms with Crippen LogP contribution in [0.5, 0.6) is 0 Å². The van der Waals surface area contributed by atoms with Crippen LogP contribution in [-0.2, 0) is 4.74 Å². The maximum atomic E-state index is 12.6. The molecule has 4 heteroatoms. The van der Waals surface area contributed by atoms with Gasteiger partial charge in [-0.25, -0.2) is 0 Å². The number of benzene rings is 1. The SMILES string of the molecule is Cc1cccc(C(=O)NC2CCOC(c3cccnc3)C2)c1C. The molecule has 1 aliphatic heterocycles. The van der Waals surface area contributed by atoms with Crippen LogP contribution in [0.3, 0.4) is 0 Å². The molecule has 2 unspecified atom stereocenters. The van der Waals surface area contributed by atoms with Gasteiger partial charge in [-0.05, 0) is 55.5 Å². The molecule has 0 saturated carbocycles. The lowest BCUT2D eigenvalue weighted by Gasteiger charge is -2.30. The summed E-state index contributed by atoms with van der Waals surface area (Å²) >= 11 is 0. The minimum atomic E-state index is 0.00126. The van der Waals surface area contributed by atoms with Crippen LogP contribution < -0.4 is 5.32 Å². The molecule has 0 radical (unpaired) electrons. The summed E-state index contributed by atoms with van der Waals surface area (Å²) in [5.74, 6) is 0.00281. The molecule has 0 aliphatic carbocycles. The van der Waals surface area contributed by atoms with E-state index in [0.717, 1.165) is 35.1 Å². The number of rotatable bonds is 3. The van der Waals surface area contributed by atoms with E-state index in [0.29, 0.717) is 6.61 Å². The number of ether oxygens (including phenoxy) is 1. The second-order valence-electron chi connectivity index (χ2n) is 6.09. The molecule has 2 heterocycles. The highest BCUT2D eigenvalue weighted by Gasteiger charge is 2.25. The zero-order chi connectivity index (χ0) is 16.2. The Morgan fingerprint density at radius 1 is 1.26 bits per heavy atom. The van der Waals surface area contributed by atoms with E-state index in [2.05, 4.69) is 10.3 Å². The molecule has 1 aliphatic rings. The van der Waals surface area contributed by atoms with Crippen LogP contribution in [0.2, 0.25) is 0 Å². The van der Waals surface area contributed by atoms with Crippen molar-refractivity contribution < 1.29 is 9.53 Å². The highest BCUT2D eigenvalue weighted by molar-refractivity contribution is 5.96. The average molecular weight is 310 g/mol. The third-order valence-electron chi connectivity index (χ3n) is 4.52. The van der Waals surface area contributed by atoms with Crippen molar-refractivity contribution in [1.82, 2.24) is 10.3 Å². The van der Waals surface area contributed by atoms with Gasteiger partial charge in [0.1, 0.15) is 0 Å². The number of aromatic nitrogens is 1. The zero-order valence-corrected chi connectivity index (χ0v) is 13.6. The molecular formula is C19H22N2O2. The Kier molecular flexibility index (Phi) is 4.72. The van der Waals surface area contributed by atoms with Gasteiger partial charge >= 0.3 is 0 Å².